The zero-order chi connectivity index (χ0) is 13.9. The molecule has 5 heteroatoms. The minimum Gasteiger partial charge on any atom is -0.319 e. The van der Waals surface area contributed by atoms with Crippen molar-refractivity contribution in [3.05, 3.63) is 28.8 Å². The lowest BCUT2D eigenvalue weighted by molar-refractivity contribution is 0.244. The van der Waals surface area contributed by atoms with Crippen molar-refractivity contribution in [1.29, 1.82) is 5.26 Å². The number of urea groups is 1. The number of aryl methyl sites for hydroxylation is 1. The molecule has 2 N–H and O–H groups in total. The van der Waals surface area contributed by atoms with E-state index in [-0.39, 0.29) is 6.03 Å². The van der Waals surface area contributed by atoms with Crippen molar-refractivity contribution in [2.75, 3.05) is 5.32 Å². The molecular weight excluding hydrogens is 262 g/mol. The van der Waals surface area contributed by atoms with Gasteiger partial charge in [0.25, 0.3) is 0 Å². The topological polar surface area (TPSA) is 64.9 Å². The number of carbonyl (C=O) groups excluding carboxylic acids is 1. The SMILES string of the molecule is Cc1ccc(NC(=O)NC2(C#N)CCCC2)cc1Cl. The Labute approximate surface area is 117 Å². The third kappa shape index (κ3) is 3.18. The highest BCUT2D eigenvalue weighted by molar-refractivity contribution is 6.31. The highest BCUT2D eigenvalue weighted by Crippen LogP contribution is 2.29. The summed E-state index contributed by atoms with van der Waals surface area (Å²) in [7, 11) is 0. The molecule has 1 aromatic carbocycles. The lowest BCUT2D eigenvalue weighted by Gasteiger charge is -2.22. The Balaban J connectivity index is 2.01. The van der Waals surface area contributed by atoms with Gasteiger partial charge in [0, 0.05) is 10.7 Å². The number of halogens is 1. The third-order valence-electron chi connectivity index (χ3n) is 3.45. The number of benzene rings is 1. The predicted molar refractivity (Wildman–Crippen MR) is 75.2 cm³/mol. The van der Waals surface area contributed by atoms with E-state index >= 15 is 0 Å². The van der Waals surface area contributed by atoms with Crippen LogP contribution in [0.25, 0.3) is 0 Å². The van der Waals surface area contributed by atoms with Gasteiger partial charge in [0.05, 0.1) is 6.07 Å². The Morgan fingerprint density at radius 3 is 2.68 bits per heavy atom. The number of anilines is 1. The van der Waals surface area contributed by atoms with Crippen molar-refractivity contribution in [1.82, 2.24) is 5.32 Å². The van der Waals surface area contributed by atoms with Crippen LogP contribution in [-0.4, -0.2) is 11.6 Å². The van der Waals surface area contributed by atoms with E-state index in [0.29, 0.717) is 23.6 Å². The molecule has 1 saturated carbocycles. The maximum absolute atomic E-state index is 11.9. The van der Waals surface area contributed by atoms with Gasteiger partial charge in [0.15, 0.2) is 0 Å². The van der Waals surface area contributed by atoms with Crippen LogP contribution >= 0.6 is 11.6 Å². The van der Waals surface area contributed by atoms with Crippen LogP contribution in [0.2, 0.25) is 5.02 Å². The number of carbonyl (C=O) groups is 1. The second kappa shape index (κ2) is 5.50. The summed E-state index contributed by atoms with van der Waals surface area (Å²) in [6, 6.07) is 7.18. The van der Waals surface area contributed by atoms with Gasteiger partial charge in [-0.15, -0.1) is 0 Å². The van der Waals surface area contributed by atoms with Gasteiger partial charge in [-0.3, -0.25) is 0 Å². The van der Waals surface area contributed by atoms with Crippen molar-refractivity contribution >= 4 is 23.3 Å². The second-order valence-corrected chi connectivity index (χ2v) is 5.35. The van der Waals surface area contributed by atoms with Gasteiger partial charge in [0.1, 0.15) is 5.54 Å². The summed E-state index contributed by atoms with van der Waals surface area (Å²) in [6.45, 7) is 1.90. The quantitative estimate of drug-likeness (QED) is 0.867. The average Bonchev–Trinajstić information content (AvgIpc) is 2.83. The highest BCUT2D eigenvalue weighted by Gasteiger charge is 2.35. The number of hydrogen-bond acceptors (Lipinski definition) is 2. The van der Waals surface area contributed by atoms with E-state index in [1.165, 1.54) is 0 Å². The number of amides is 2. The van der Waals surface area contributed by atoms with Crippen LogP contribution in [0.4, 0.5) is 10.5 Å². The Hall–Kier alpha value is -1.73. The Morgan fingerprint density at radius 1 is 1.42 bits per heavy atom. The fourth-order valence-corrected chi connectivity index (χ4v) is 2.47. The van der Waals surface area contributed by atoms with Gasteiger partial charge in [0.2, 0.25) is 0 Å². The molecule has 0 unspecified atom stereocenters. The van der Waals surface area contributed by atoms with Crippen LogP contribution < -0.4 is 10.6 Å². The molecule has 4 nitrogen and oxygen atoms in total. The van der Waals surface area contributed by atoms with Crippen LogP contribution in [0, 0.1) is 18.3 Å². The minimum absolute atomic E-state index is 0.358. The van der Waals surface area contributed by atoms with Crippen molar-refractivity contribution in [3.63, 3.8) is 0 Å². The monoisotopic (exact) mass is 277 g/mol. The van der Waals surface area contributed by atoms with E-state index in [4.69, 9.17) is 11.6 Å². The summed E-state index contributed by atoms with van der Waals surface area (Å²) in [4.78, 5) is 11.9. The first-order valence-electron chi connectivity index (χ1n) is 6.31. The summed E-state index contributed by atoms with van der Waals surface area (Å²) >= 11 is 6.00. The molecule has 19 heavy (non-hydrogen) atoms. The fraction of sp³-hybridized carbons (Fsp3) is 0.429. The second-order valence-electron chi connectivity index (χ2n) is 4.94. The van der Waals surface area contributed by atoms with E-state index in [9.17, 15) is 10.1 Å². The smallest absolute Gasteiger partial charge is 0.319 e. The summed E-state index contributed by atoms with van der Waals surface area (Å²) in [5, 5.41) is 15.3. The largest absolute Gasteiger partial charge is 0.320 e. The molecule has 1 fully saturated rings. The highest BCUT2D eigenvalue weighted by atomic mass is 35.5. The molecule has 0 radical (unpaired) electrons. The summed E-state index contributed by atoms with van der Waals surface area (Å²) in [5.41, 5.74) is 0.870. The molecule has 0 heterocycles. The molecule has 0 saturated heterocycles. The van der Waals surface area contributed by atoms with Gasteiger partial charge in [-0.05, 0) is 50.3 Å². The lowest BCUT2D eigenvalue weighted by Crippen LogP contribution is -2.47. The average molecular weight is 278 g/mol. The molecule has 100 valence electrons. The van der Waals surface area contributed by atoms with Gasteiger partial charge in [-0.25, -0.2) is 4.79 Å². The standard InChI is InChI=1S/C14H16ClN3O/c1-10-4-5-11(8-12(10)15)17-13(19)18-14(9-16)6-2-3-7-14/h4-5,8H,2-3,6-7H2,1H3,(H2,17,18,19). The molecule has 2 amide bonds. The molecule has 0 spiro atoms. The van der Waals surface area contributed by atoms with Crippen LogP contribution in [0.5, 0.6) is 0 Å². The van der Waals surface area contributed by atoms with Crippen LogP contribution in [0.3, 0.4) is 0 Å². The minimum atomic E-state index is -0.710. The molecular formula is C14H16ClN3O. The van der Waals surface area contributed by atoms with Crippen LogP contribution in [0.15, 0.2) is 18.2 Å². The van der Waals surface area contributed by atoms with Crippen LogP contribution in [-0.2, 0) is 0 Å². The van der Waals surface area contributed by atoms with Gasteiger partial charge in [-0.2, -0.15) is 5.26 Å². The molecule has 2 rings (SSSR count). The van der Waals surface area contributed by atoms with Gasteiger partial charge in [-0.1, -0.05) is 17.7 Å². The predicted octanol–water partition coefficient (Wildman–Crippen LogP) is 3.61. The fourth-order valence-electron chi connectivity index (χ4n) is 2.29. The molecule has 1 aliphatic rings. The Kier molecular flexibility index (Phi) is 3.96. The zero-order valence-corrected chi connectivity index (χ0v) is 11.5. The molecule has 0 bridgehead atoms. The first-order valence-corrected chi connectivity index (χ1v) is 6.69. The first-order chi connectivity index (χ1) is 9.04. The summed E-state index contributed by atoms with van der Waals surface area (Å²) in [6.07, 6.45) is 3.38. The molecule has 0 aromatic heterocycles. The number of rotatable bonds is 2. The molecule has 0 aliphatic heterocycles. The first kappa shape index (κ1) is 13.7. The van der Waals surface area contributed by atoms with Crippen molar-refractivity contribution < 1.29 is 4.79 Å². The van der Waals surface area contributed by atoms with E-state index < -0.39 is 5.54 Å². The number of hydrogen-bond donors (Lipinski definition) is 2. The van der Waals surface area contributed by atoms with Gasteiger partial charge >= 0.3 is 6.03 Å². The van der Waals surface area contributed by atoms with Crippen LogP contribution in [0.1, 0.15) is 31.2 Å². The van der Waals surface area contributed by atoms with Crippen molar-refractivity contribution in [3.8, 4) is 6.07 Å². The zero-order valence-electron chi connectivity index (χ0n) is 10.8. The molecule has 0 atom stereocenters. The van der Waals surface area contributed by atoms with E-state index in [1.807, 2.05) is 13.0 Å². The van der Waals surface area contributed by atoms with E-state index in [2.05, 4.69) is 16.7 Å². The lowest BCUT2D eigenvalue weighted by atomic mass is 10.0. The number of nitrogens with zero attached hydrogens (tertiary/aromatic N) is 1. The van der Waals surface area contributed by atoms with Crippen molar-refractivity contribution in [2.24, 2.45) is 0 Å². The Bertz CT molecular complexity index is 530. The maximum atomic E-state index is 11.9. The van der Waals surface area contributed by atoms with E-state index in [1.54, 1.807) is 12.1 Å². The summed E-state index contributed by atoms with van der Waals surface area (Å²) in [5.74, 6) is 0. The molecule has 1 aromatic rings. The van der Waals surface area contributed by atoms with E-state index in [0.717, 1.165) is 18.4 Å². The van der Waals surface area contributed by atoms with Crippen molar-refractivity contribution in [2.45, 2.75) is 38.1 Å². The normalized spacial score (nSPS) is 16.7. The maximum Gasteiger partial charge on any atom is 0.320 e. The number of nitrogens with one attached hydrogen (secondary N) is 2. The molecule has 1 aliphatic carbocycles. The number of nitriles is 1. The Morgan fingerprint density at radius 2 is 2.11 bits per heavy atom. The summed E-state index contributed by atoms with van der Waals surface area (Å²) < 4.78 is 0. The van der Waals surface area contributed by atoms with Gasteiger partial charge < -0.3 is 10.6 Å². The third-order valence-corrected chi connectivity index (χ3v) is 3.86.